The van der Waals surface area contributed by atoms with Crippen LogP contribution in [0.5, 0.6) is 0 Å². The molecule has 0 saturated carbocycles. The van der Waals surface area contributed by atoms with Crippen LogP contribution in [0.25, 0.3) is 0 Å². The van der Waals surface area contributed by atoms with E-state index in [9.17, 15) is 0 Å². The second-order valence-corrected chi connectivity index (χ2v) is 3.97. The third-order valence-electron chi connectivity index (χ3n) is 2.67. The van der Waals surface area contributed by atoms with Crippen LogP contribution in [0.1, 0.15) is 11.3 Å². The molecule has 0 spiro atoms. The number of nitriles is 1. The molecule has 96 valence electrons. The minimum Gasteiger partial charge on any atom is -0.395 e. The van der Waals surface area contributed by atoms with Gasteiger partial charge < -0.3 is 10.0 Å². The SMILES string of the molecule is N#Cc1nccnc1N(CCO)Cc1ccccc1. The Labute approximate surface area is 111 Å². The van der Waals surface area contributed by atoms with Crippen molar-refractivity contribution in [2.45, 2.75) is 6.54 Å². The molecule has 2 aromatic rings. The van der Waals surface area contributed by atoms with Crippen molar-refractivity contribution in [2.24, 2.45) is 0 Å². The van der Waals surface area contributed by atoms with Crippen molar-refractivity contribution in [3.63, 3.8) is 0 Å². The topological polar surface area (TPSA) is 73.0 Å². The summed E-state index contributed by atoms with van der Waals surface area (Å²) in [5, 5.41) is 18.2. The average molecular weight is 254 g/mol. The van der Waals surface area contributed by atoms with Gasteiger partial charge in [-0.2, -0.15) is 5.26 Å². The van der Waals surface area contributed by atoms with Gasteiger partial charge in [0.2, 0.25) is 0 Å². The molecule has 19 heavy (non-hydrogen) atoms. The first-order valence-corrected chi connectivity index (χ1v) is 5.96. The Hall–Kier alpha value is -2.45. The lowest BCUT2D eigenvalue weighted by atomic mass is 10.2. The molecule has 0 saturated heterocycles. The average Bonchev–Trinajstić information content (AvgIpc) is 2.48. The van der Waals surface area contributed by atoms with Gasteiger partial charge in [0, 0.05) is 25.5 Å². The van der Waals surface area contributed by atoms with Crippen LogP contribution in [0.15, 0.2) is 42.7 Å². The molecule has 0 unspecified atom stereocenters. The third kappa shape index (κ3) is 3.27. The molecule has 0 aliphatic heterocycles. The summed E-state index contributed by atoms with van der Waals surface area (Å²) >= 11 is 0. The molecule has 5 heteroatoms. The zero-order valence-electron chi connectivity index (χ0n) is 10.4. The first-order chi connectivity index (χ1) is 9.35. The van der Waals surface area contributed by atoms with Crippen LogP contribution < -0.4 is 4.90 Å². The van der Waals surface area contributed by atoms with Gasteiger partial charge in [-0.25, -0.2) is 9.97 Å². The monoisotopic (exact) mass is 254 g/mol. The predicted molar refractivity (Wildman–Crippen MR) is 71.3 cm³/mol. The second-order valence-electron chi connectivity index (χ2n) is 3.97. The summed E-state index contributed by atoms with van der Waals surface area (Å²) in [6, 6.07) is 11.9. The quantitative estimate of drug-likeness (QED) is 0.871. The molecule has 1 heterocycles. The van der Waals surface area contributed by atoms with Gasteiger partial charge in [-0.05, 0) is 5.56 Å². The maximum Gasteiger partial charge on any atom is 0.183 e. The van der Waals surface area contributed by atoms with Crippen LogP contribution in [0.3, 0.4) is 0 Å². The zero-order chi connectivity index (χ0) is 13.5. The lowest BCUT2D eigenvalue weighted by Gasteiger charge is -2.23. The molecule has 0 fully saturated rings. The van der Waals surface area contributed by atoms with Crippen molar-refractivity contribution in [1.82, 2.24) is 9.97 Å². The molecule has 0 bridgehead atoms. The third-order valence-corrected chi connectivity index (χ3v) is 2.67. The first-order valence-electron chi connectivity index (χ1n) is 5.96. The Bertz CT molecular complexity index is 565. The smallest absolute Gasteiger partial charge is 0.183 e. The molecular weight excluding hydrogens is 240 g/mol. The minimum atomic E-state index is -0.00568. The van der Waals surface area contributed by atoms with Crippen LogP contribution in [0, 0.1) is 11.3 Å². The van der Waals surface area contributed by atoms with Gasteiger partial charge in [0.1, 0.15) is 6.07 Å². The Morgan fingerprint density at radius 1 is 1.16 bits per heavy atom. The van der Waals surface area contributed by atoms with E-state index in [1.54, 1.807) is 6.20 Å². The number of hydrogen-bond acceptors (Lipinski definition) is 5. The van der Waals surface area contributed by atoms with E-state index in [0.29, 0.717) is 18.9 Å². The molecule has 0 atom stereocenters. The highest BCUT2D eigenvalue weighted by molar-refractivity contribution is 5.49. The molecule has 1 aromatic carbocycles. The Kier molecular flexibility index (Phi) is 4.43. The van der Waals surface area contributed by atoms with Gasteiger partial charge in [0.25, 0.3) is 0 Å². The van der Waals surface area contributed by atoms with Crippen molar-refractivity contribution in [3.05, 3.63) is 54.0 Å². The molecule has 5 nitrogen and oxygen atoms in total. The standard InChI is InChI=1S/C14H14N4O/c15-10-13-14(17-7-6-16-13)18(8-9-19)11-12-4-2-1-3-5-12/h1-7,19H,8-9,11H2. The van der Waals surface area contributed by atoms with E-state index in [2.05, 4.69) is 9.97 Å². The van der Waals surface area contributed by atoms with Crippen molar-refractivity contribution >= 4 is 5.82 Å². The van der Waals surface area contributed by atoms with Gasteiger partial charge in [-0.15, -0.1) is 0 Å². The van der Waals surface area contributed by atoms with Gasteiger partial charge in [0.05, 0.1) is 6.61 Å². The number of hydrogen-bond donors (Lipinski definition) is 1. The van der Waals surface area contributed by atoms with Gasteiger partial charge in [0.15, 0.2) is 11.5 Å². The summed E-state index contributed by atoms with van der Waals surface area (Å²) in [6.07, 6.45) is 3.03. The number of aliphatic hydroxyl groups is 1. The highest BCUT2D eigenvalue weighted by atomic mass is 16.3. The number of benzene rings is 1. The van der Waals surface area contributed by atoms with Crippen molar-refractivity contribution in [3.8, 4) is 6.07 Å². The first kappa shape index (κ1) is 13.0. The molecular formula is C14H14N4O. The van der Waals surface area contributed by atoms with Crippen LogP contribution >= 0.6 is 0 Å². The van der Waals surface area contributed by atoms with Crippen LogP contribution in [0.4, 0.5) is 5.82 Å². The summed E-state index contributed by atoms with van der Waals surface area (Å²) in [7, 11) is 0. The van der Waals surface area contributed by atoms with E-state index in [0.717, 1.165) is 5.56 Å². The van der Waals surface area contributed by atoms with Crippen molar-refractivity contribution < 1.29 is 5.11 Å². The Morgan fingerprint density at radius 3 is 2.58 bits per heavy atom. The highest BCUT2D eigenvalue weighted by Gasteiger charge is 2.13. The molecule has 0 aliphatic rings. The number of aliphatic hydroxyl groups excluding tert-OH is 1. The number of nitrogens with zero attached hydrogens (tertiary/aromatic N) is 4. The molecule has 0 amide bonds. The van der Waals surface area contributed by atoms with Crippen molar-refractivity contribution in [2.75, 3.05) is 18.1 Å². The maximum atomic E-state index is 9.17. The fraction of sp³-hybridized carbons (Fsp3) is 0.214. The fourth-order valence-electron chi connectivity index (χ4n) is 1.83. The number of anilines is 1. The fourth-order valence-corrected chi connectivity index (χ4v) is 1.83. The van der Waals surface area contributed by atoms with Gasteiger partial charge in [-0.3, -0.25) is 0 Å². The second kappa shape index (κ2) is 6.47. The summed E-state index contributed by atoms with van der Waals surface area (Å²) in [4.78, 5) is 10.0. The summed E-state index contributed by atoms with van der Waals surface area (Å²) in [6.45, 7) is 0.977. The van der Waals surface area contributed by atoms with E-state index in [1.807, 2.05) is 41.3 Å². The van der Waals surface area contributed by atoms with Crippen LogP contribution in [-0.2, 0) is 6.54 Å². The van der Waals surface area contributed by atoms with E-state index in [-0.39, 0.29) is 12.3 Å². The number of aromatic nitrogens is 2. The zero-order valence-corrected chi connectivity index (χ0v) is 10.4. The normalized spacial score (nSPS) is 9.89. The van der Waals surface area contributed by atoms with E-state index < -0.39 is 0 Å². The lowest BCUT2D eigenvalue weighted by Crippen LogP contribution is -2.28. The summed E-state index contributed by atoms with van der Waals surface area (Å²) < 4.78 is 0. The molecule has 1 aromatic heterocycles. The Morgan fingerprint density at radius 2 is 1.89 bits per heavy atom. The van der Waals surface area contributed by atoms with Crippen molar-refractivity contribution in [1.29, 1.82) is 5.26 Å². The predicted octanol–water partition coefficient (Wildman–Crippen LogP) is 1.35. The summed E-state index contributed by atoms with van der Waals surface area (Å²) in [5.41, 5.74) is 1.36. The molecule has 2 rings (SSSR count). The maximum absolute atomic E-state index is 9.17. The van der Waals surface area contributed by atoms with Crippen LogP contribution in [0.2, 0.25) is 0 Å². The van der Waals surface area contributed by atoms with Crippen LogP contribution in [-0.4, -0.2) is 28.2 Å². The largest absolute Gasteiger partial charge is 0.395 e. The van der Waals surface area contributed by atoms with Gasteiger partial charge in [-0.1, -0.05) is 30.3 Å². The van der Waals surface area contributed by atoms with E-state index in [1.165, 1.54) is 6.20 Å². The molecule has 0 radical (unpaired) electrons. The van der Waals surface area contributed by atoms with E-state index >= 15 is 0 Å². The van der Waals surface area contributed by atoms with E-state index in [4.69, 9.17) is 10.4 Å². The number of rotatable bonds is 5. The minimum absolute atomic E-state index is 0.00568. The summed E-state index contributed by atoms with van der Waals surface area (Å²) in [5.74, 6) is 0.503. The molecule has 1 N–H and O–H groups in total. The molecule has 0 aliphatic carbocycles. The lowest BCUT2D eigenvalue weighted by molar-refractivity contribution is 0.301. The Balaban J connectivity index is 2.27. The van der Waals surface area contributed by atoms with Gasteiger partial charge >= 0.3 is 0 Å². The highest BCUT2D eigenvalue weighted by Crippen LogP contribution is 2.16.